The Bertz CT molecular complexity index is 827. The topological polar surface area (TPSA) is 81.7 Å². The maximum atomic E-state index is 12.3. The molecule has 2 rings (SSSR count). The molecule has 1 amide bonds. The number of nitrogens with one attached hydrogen (secondary N) is 1. The summed E-state index contributed by atoms with van der Waals surface area (Å²) in [6.45, 7) is 6.71. The number of carbonyl (C=O) groups is 3. The van der Waals surface area contributed by atoms with Gasteiger partial charge in [-0.3, -0.25) is 9.59 Å². The van der Waals surface area contributed by atoms with Gasteiger partial charge in [0.2, 0.25) is 0 Å². The Hall–Kier alpha value is -3.15. The van der Waals surface area contributed by atoms with Crippen LogP contribution in [0.15, 0.2) is 48.5 Å². The summed E-state index contributed by atoms with van der Waals surface area (Å²) in [5.74, 6) is -0.655. The molecule has 6 nitrogen and oxygen atoms in total. The van der Waals surface area contributed by atoms with Crippen molar-refractivity contribution in [1.29, 1.82) is 0 Å². The molecule has 27 heavy (non-hydrogen) atoms. The molecule has 0 aliphatic heterocycles. The summed E-state index contributed by atoms with van der Waals surface area (Å²) in [6, 6.07) is 13.2. The van der Waals surface area contributed by atoms with Gasteiger partial charge in [-0.25, -0.2) is 4.79 Å². The zero-order valence-electron chi connectivity index (χ0n) is 15.8. The normalized spacial score (nSPS) is 11.6. The van der Waals surface area contributed by atoms with Crippen molar-refractivity contribution in [3.05, 3.63) is 59.7 Å². The maximum absolute atomic E-state index is 12.3. The number of rotatable bonds is 7. The molecule has 142 valence electrons. The number of anilines is 1. The number of hydrogen-bond donors (Lipinski definition) is 1. The van der Waals surface area contributed by atoms with E-state index in [0.29, 0.717) is 22.6 Å². The van der Waals surface area contributed by atoms with Crippen LogP contribution in [-0.4, -0.2) is 29.9 Å². The van der Waals surface area contributed by atoms with Gasteiger partial charge in [-0.05, 0) is 64.1 Å². The molecule has 6 heteroatoms. The molecule has 2 aromatic rings. The number of para-hydroxylation sites is 1. The van der Waals surface area contributed by atoms with E-state index >= 15 is 0 Å². The van der Waals surface area contributed by atoms with E-state index in [2.05, 4.69) is 5.32 Å². The fourth-order valence-corrected chi connectivity index (χ4v) is 2.36. The third-order valence-corrected chi connectivity index (χ3v) is 3.68. The molecule has 0 unspecified atom stereocenters. The highest BCUT2D eigenvalue weighted by atomic mass is 16.5. The Balaban J connectivity index is 1.99. The summed E-state index contributed by atoms with van der Waals surface area (Å²) in [7, 11) is 0. The summed E-state index contributed by atoms with van der Waals surface area (Å²) in [4.78, 5) is 36.2. The second-order valence-electron chi connectivity index (χ2n) is 6.33. The number of ketones is 1. The van der Waals surface area contributed by atoms with Crippen molar-refractivity contribution in [2.75, 3.05) is 5.32 Å². The zero-order chi connectivity index (χ0) is 20.0. The quantitative estimate of drug-likeness (QED) is 0.592. The smallest absolute Gasteiger partial charge is 0.338 e. The van der Waals surface area contributed by atoms with Crippen LogP contribution in [0.3, 0.4) is 0 Å². The van der Waals surface area contributed by atoms with Crippen molar-refractivity contribution < 1.29 is 23.9 Å². The van der Waals surface area contributed by atoms with Crippen molar-refractivity contribution in [2.45, 2.75) is 39.9 Å². The first-order valence-electron chi connectivity index (χ1n) is 8.66. The maximum Gasteiger partial charge on any atom is 0.338 e. The standard InChI is InChI=1S/C21H23NO5/c1-13(2)26-17-11-9-16(10-12-17)21(25)27-15(4)20(24)22-19-8-6-5-7-18(19)14(3)23/h5-13,15H,1-4H3,(H,22,24)/t15-/m1/s1. The fourth-order valence-electron chi connectivity index (χ4n) is 2.36. The highest BCUT2D eigenvalue weighted by Gasteiger charge is 2.20. The van der Waals surface area contributed by atoms with Crippen LogP contribution in [0.25, 0.3) is 0 Å². The van der Waals surface area contributed by atoms with Crippen molar-refractivity contribution in [2.24, 2.45) is 0 Å². The second-order valence-corrected chi connectivity index (χ2v) is 6.33. The fraction of sp³-hybridized carbons (Fsp3) is 0.286. The Morgan fingerprint density at radius 2 is 1.56 bits per heavy atom. The Morgan fingerprint density at radius 3 is 2.15 bits per heavy atom. The monoisotopic (exact) mass is 369 g/mol. The minimum Gasteiger partial charge on any atom is -0.491 e. The zero-order valence-corrected chi connectivity index (χ0v) is 15.8. The van der Waals surface area contributed by atoms with Gasteiger partial charge in [0.15, 0.2) is 11.9 Å². The molecule has 0 fully saturated rings. The van der Waals surface area contributed by atoms with Gasteiger partial charge in [-0.1, -0.05) is 12.1 Å². The molecule has 0 heterocycles. The minimum absolute atomic E-state index is 0.0319. The van der Waals surface area contributed by atoms with Gasteiger partial charge in [-0.2, -0.15) is 0 Å². The van der Waals surface area contributed by atoms with Gasteiger partial charge in [0.25, 0.3) is 5.91 Å². The highest BCUT2D eigenvalue weighted by molar-refractivity contribution is 6.05. The lowest BCUT2D eigenvalue weighted by molar-refractivity contribution is -0.123. The Morgan fingerprint density at radius 1 is 0.926 bits per heavy atom. The van der Waals surface area contributed by atoms with Crippen LogP contribution >= 0.6 is 0 Å². The molecule has 0 aromatic heterocycles. The molecule has 0 aliphatic rings. The van der Waals surface area contributed by atoms with Crippen LogP contribution in [0.1, 0.15) is 48.4 Å². The predicted molar refractivity (Wildman–Crippen MR) is 102 cm³/mol. The van der Waals surface area contributed by atoms with E-state index in [1.165, 1.54) is 13.8 Å². The number of carbonyl (C=O) groups excluding carboxylic acids is 3. The van der Waals surface area contributed by atoms with E-state index in [1.807, 2.05) is 13.8 Å². The van der Waals surface area contributed by atoms with Gasteiger partial charge < -0.3 is 14.8 Å². The second kappa shape index (κ2) is 8.98. The average Bonchev–Trinajstić information content (AvgIpc) is 2.61. The predicted octanol–water partition coefficient (Wildman–Crippen LogP) is 3.86. The van der Waals surface area contributed by atoms with Gasteiger partial charge in [-0.15, -0.1) is 0 Å². The van der Waals surface area contributed by atoms with Crippen LogP contribution in [-0.2, 0) is 9.53 Å². The van der Waals surface area contributed by atoms with Gasteiger partial charge in [0.1, 0.15) is 5.75 Å². The molecule has 1 N–H and O–H groups in total. The highest BCUT2D eigenvalue weighted by Crippen LogP contribution is 2.17. The number of ether oxygens (including phenoxy) is 2. The lowest BCUT2D eigenvalue weighted by Gasteiger charge is -2.15. The third kappa shape index (κ3) is 5.67. The van der Waals surface area contributed by atoms with Crippen LogP contribution in [0.2, 0.25) is 0 Å². The lowest BCUT2D eigenvalue weighted by Crippen LogP contribution is -2.30. The van der Waals surface area contributed by atoms with E-state index in [4.69, 9.17) is 9.47 Å². The SMILES string of the molecule is CC(=O)c1ccccc1NC(=O)[C@@H](C)OC(=O)c1ccc(OC(C)C)cc1. The van der Waals surface area contributed by atoms with Crippen molar-refractivity contribution in [3.63, 3.8) is 0 Å². The lowest BCUT2D eigenvalue weighted by atomic mass is 10.1. The summed E-state index contributed by atoms with van der Waals surface area (Å²) in [6.07, 6.45) is -0.992. The molecule has 2 aromatic carbocycles. The Kier molecular flexibility index (Phi) is 6.71. The molecule has 0 spiro atoms. The van der Waals surface area contributed by atoms with Gasteiger partial charge >= 0.3 is 5.97 Å². The van der Waals surface area contributed by atoms with Gasteiger partial charge in [0.05, 0.1) is 17.4 Å². The number of benzene rings is 2. The van der Waals surface area contributed by atoms with Crippen LogP contribution in [0.5, 0.6) is 5.75 Å². The van der Waals surface area contributed by atoms with E-state index < -0.39 is 18.0 Å². The van der Waals surface area contributed by atoms with Crippen molar-refractivity contribution in [3.8, 4) is 5.75 Å². The van der Waals surface area contributed by atoms with Crippen LogP contribution in [0, 0.1) is 0 Å². The van der Waals surface area contributed by atoms with Crippen molar-refractivity contribution >= 4 is 23.3 Å². The van der Waals surface area contributed by atoms with Crippen LogP contribution in [0.4, 0.5) is 5.69 Å². The summed E-state index contributed by atoms with van der Waals surface area (Å²) >= 11 is 0. The molecule has 0 radical (unpaired) electrons. The van der Waals surface area contributed by atoms with Crippen LogP contribution < -0.4 is 10.1 Å². The molecular weight excluding hydrogens is 346 g/mol. The van der Waals surface area contributed by atoms with E-state index in [1.54, 1.807) is 48.5 Å². The molecule has 0 aliphatic carbocycles. The minimum atomic E-state index is -1.02. The third-order valence-electron chi connectivity index (χ3n) is 3.68. The number of Topliss-reactive ketones (excluding diaryl/α,β-unsaturated/α-hetero) is 1. The number of amides is 1. The van der Waals surface area contributed by atoms with E-state index in [-0.39, 0.29) is 11.9 Å². The summed E-state index contributed by atoms with van der Waals surface area (Å²) in [5.41, 5.74) is 1.09. The average molecular weight is 369 g/mol. The number of hydrogen-bond acceptors (Lipinski definition) is 5. The summed E-state index contributed by atoms with van der Waals surface area (Å²) < 4.78 is 10.7. The molecular formula is C21H23NO5. The first-order chi connectivity index (χ1) is 12.8. The largest absolute Gasteiger partial charge is 0.491 e. The first-order valence-corrected chi connectivity index (χ1v) is 8.66. The van der Waals surface area contributed by atoms with Crippen molar-refractivity contribution in [1.82, 2.24) is 0 Å². The molecule has 1 atom stereocenters. The molecule has 0 saturated heterocycles. The van der Waals surface area contributed by atoms with Gasteiger partial charge in [0, 0.05) is 5.56 Å². The first kappa shape index (κ1) is 20.2. The van der Waals surface area contributed by atoms with E-state index in [9.17, 15) is 14.4 Å². The molecule has 0 bridgehead atoms. The van der Waals surface area contributed by atoms with E-state index in [0.717, 1.165) is 0 Å². The molecule has 0 saturated carbocycles. The summed E-state index contributed by atoms with van der Waals surface area (Å²) in [5, 5.41) is 2.62. The number of esters is 1. The Labute approximate surface area is 158 Å².